The van der Waals surface area contributed by atoms with Gasteiger partial charge in [0.2, 0.25) is 11.8 Å². The summed E-state index contributed by atoms with van der Waals surface area (Å²) in [6, 6.07) is 12.7. The second-order valence-electron chi connectivity index (χ2n) is 19.0. The zero-order valence-electron chi connectivity index (χ0n) is 34.2. The third-order valence-corrected chi connectivity index (χ3v) is 14.4. The number of hydrogen-bond acceptors (Lipinski definition) is 12. The largest absolute Gasteiger partial charge is 0.488 e. The molecule has 1 saturated carbocycles. The minimum absolute atomic E-state index is 0.0388. The van der Waals surface area contributed by atoms with Gasteiger partial charge in [0.25, 0.3) is 11.8 Å². The average molecular weight is 813 g/mol. The van der Waals surface area contributed by atoms with Crippen molar-refractivity contribution in [3.63, 3.8) is 0 Å². The van der Waals surface area contributed by atoms with E-state index in [2.05, 4.69) is 64.1 Å². The number of aromatic nitrogens is 4. The lowest BCUT2D eigenvalue weighted by molar-refractivity contribution is -0.136. The van der Waals surface area contributed by atoms with E-state index in [0.717, 1.165) is 103 Å². The minimum Gasteiger partial charge on any atom is -0.488 e. The molecule has 15 heteroatoms. The van der Waals surface area contributed by atoms with Crippen LogP contribution >= 0.6 is 0 Å². The summed E-state index contributed by atoms with van der Waals surface area (Å²) in [6.07, 6.45) is 8.63. The fourth-order valence-electron chi connectivity index (χ4n) is 10.8. The third-order valence-electron chi connectivity index (χ3n) is 14.4. The van der Waals surface area contributed by atoms with Crippen LogP contribution in [0.3, 0.4) is 0 Å². The lowest BCUT2D eigenvalue weighted by Crippen LogP contribution is -2.72. The molecular weight excluding hydrogens is 761 g/mol. The molecule has 4 aromatic rings. The first kappa shape index (κ1) is 37.6. The number of amides is 4. The number of ether oxygens (including phenoxy) is 1. The number of piperidine rings is 3. The van der Waals surface area contributed by atoms with Crippen LogP contribution in [-0.2, 0) is 9.59 Å². The molecule has 7 aliphatic rings. The summed E-state index contributed by atoms with van der Waals surface area (Å²) < 4.78 is 6.23. The molecule has 1 atom stereocenters. The number of carbonyl (C=O) groups excluding carboxylic acids is 4. The molecule has 60 heavy (non-hydrogen) atoms. The van der Waals surface area contributed by atoms with E-state index in [1.165, 1.54) is 45.6 Å². The molecule has 5 saturated heterocycles. The van der Waals surface area contributed by atoms with E-state index >= 15 is 0 Å². The van der Waals surface area contributed by atoms with Gasteiger partial charge in [-0.1, -0.05) is 0 Å². The van der Waals surface area contributed by atoms with Crippen molar-refractivity contribution in [2.45, 2.75) is 69.9 Å². The van der Waals surface area contributed by atoms with Gasteiger partial charge in [0.05, 0.1) is 22.3 Å². The van der Waals surface area contributed by atoms with Crippen LogP contribution in [-0.4, -0.2) is 136 Å². The molecule has 4 amide bonds. The third kappa shape index (κ3) is 6.88. The van der Waals surface area contributed by atoms with E-state index in [1.54, 1.807) is 12.4 Å². The highest BCUT2D eigenvalue weighted by molar-refractivity contribution is 6.23. The van der Waals surface area contributed by atoms with Crippen molar-refractivity contribution in [1.29, 1.82) is 0 Å². The van der Waals surface area contributed by atoms with Gasteiger partial charge >= 0.3 is 0 Å². The van der Waals surface area contributed by atoms with Gasteiger partial charge < -0.3 is 24.3 Å². The Morgan fingerprint density at radius 3 is 2.13 bits per heavy atom. The predicted molar refractivity (Wildman–Crippen MR) is 224 cm³/mol. The Morgan fingerprint density at radius 1 is 0.767 bits per heavy atom. The number of nitrogens with one attached hydrogen (secondary N) is 2. The number of fused-ring (bicyclic) bond motifs is 2. The summed E-state index contributed by atoms with van der Waals surface area (Å²) in [5, 5.41) is 11.1. The molecule has 1 unspecified atom stereocenters. The maximum Gasteiger partial charge on any atom is 0.262 e. The molecule has 0 bridgehead atoms. The van der Waals surface area contributed by atoms with Crippen LogP contribution in [0.5, 0.6) is 5.75 Å². The van der Waals surface area contributed by atoms with Crippen LogP contribution in [0.1, 0.15) is 79.0 Å². The van der Waals surface area contributed by atoms with Gasteiger partial charge in [-0.2, -0.15) is 5.10 Å². The summed E-state index contributed by atoms with van der Waals surface area (Å²) in [7, 11) is 0. The summed E-state index contributed by atoms with van der Waals surface area (Å²) in [5.41, 5.74) is 4.66. The van der Waals surface area contributed by atoms with Gasteiger partial charge in [-0.25, -0.2) is 9.97 Å². The Balaban J connectivity index is 0.615. The number of nitrogens with zero attached hydrogens (tertiary/aromatic N) is 8. The molecule has 2 N–H and O–H groups in total. The summed E-state index contributed by atoms with van der Waals surface area (Å²) in [6.45, 7) is 13.1. The SMILES string of the molecule is CC1(Oc2ccc3[nH]nc(-c4cc(N5CCC(CN6CC7(CN(CC8CCN(c9ccc%10c(c9)C(=O)N(C9CCC(=O)NC9=O)C%10=O)CC8)C7)C6)CC5)ncn4)c3c2)CC1. The van der Waals surface area contributed by atoms with E-state index in [0.29, 0.717) is 28.4 Å². The second-order valence-corrected chi connectivity index (χ2v) is 19.0. The maximum atomic E-state index is 13.3. The van der Waals surface area contributed by atoms with E-state index < -0.39 is 23.8 Å². The Hall–Kier alpha value is -5.41. The topological polar surface area (TPSA) is 160 Å². The molecule has 6 fully saturated rings. The van der Waals surface area contributed by atoms with Crippen molar-refractivity contribution >= 4 is 46.0 Å². The zero-order chi connectivity index (χ0) is 40.8. The van der Waals surface area contributed by atoms with Crippen molar-refractivity contribution < 1.29 is 23.9 Å². The van der Waals surface area contributed by atoms with Crippen molar-refractivity contribution in [2.24, 2.45) is 17.3 Å². The van der Waals surface area contributed by atoms with Gasteiger partial charge in [-0.05, 0) is 100 Å². The summed E-state index contributed by atoms with van der Waals surface area (Å²) in [5.74, 6) is 1.31. The zero-order valence-corrected chi connectivity index (χ0v) is 34.2. The number of anilines is 2. The van der Waals surface area contributed by atoms with Gasteiger partial charge in [0.15, 0.2) is 0 Å². The molecule has 1 spiro atoms. The van der Waals surface area contributed by atoms with Crippen molar-refractivity contribution in [3.05, 3.63) is 59.9 Å². The molecular formula is C45H52N10O5. The average Bonchev–Trinajstić information content (AvgIpc) is 3.71. The van der Waals surface area contributed by atoms with E-state index in [9.17, 15) is 19.2 Å². The molecule has 2 aromatic carbocycles. The molecule has 2 aromatic heterocycles. The molecule has 11 rings (SSSR count). The van der Waals surface area contributed by atoms with E-state index in [-0.39, 0.29) is 24.3 Å². The second kappa shape index (κ2) is 14.4. The van der Waals surface area contributed by atoms with Crippen molar-refractivity contribution in [1.82, 2.24) is 40.2 Å². The van der Waals surface area contributed by atoms with Crippen LogP contribution in [0.15, 0.2) is 48.8 Å². The van der Waals surface area contributed by atoms with Gasteiger partial charge in [-0.3, -0.25) is 34.5 Å². The molecule has 312 valence electrons. The number of aromatic amines is 1. The number of likely N-dealkylation sites (tertiary alicyclic amines) is 2. The first-order valence-corrected chi connectivity index (χ1v) is 21.9. The summed E-state index contributed by atoms with van der Waals surface area (Å²) in [4.78, 5) is 71.0. The number of H-pyrrole nitrogens is 1. The van der Waals surface area contributed by atoms with Gasteiger partial charge in [0, 0.05) is 94.4 Å². The normalized spacial score (nSPS) is 24.5. The van der Waals surface area contributed by atoms with Crippen LogP contribution in [0.2, 0.25) is 0 Å². The number of carbonyl (C=O) groups is 4. The van der Waals surface area contributed by atoms with Crippen LogP contribution in [0.4, 0.5) is 11.5 Å². The molecule has 6 aliphatic heterocycles. The van der Waals surface area contributed by atoms with Crippen LogP contribution < -0.4 is 19.9 Å². The monoisotopic (exact) mass is 812 g/mol. The number of benzene rings is 2. The molecule has 15 nitrogen and oxygen atoms in total. The van der Waals surface area contributed by atoms with E-state index in [4.69, 9.17) is 4.74 Å². The standard InChI is InChI=1S/C45H52N10O5/c1-44(12-13-44)60-31-3-5-35-34(19-31)40(50-49-35)36-20-38(47-27-46-36)54-16-10-29(11-17-54)22-52-25-45(26-52)23-51(24-45)21-28-8-14-53(15-9-28)30-2-4-32-33(18-30)43(59)55(42(32)58)37-6-7-39(56)48-41(37)57/h2-5,18-20,27-29,37H,6-17,21-26H2,1H3,(H,49,50)(H,48,56,57). The fourth-order valence-corrected chi connectivity index (χ4v) is 10.8. The molecule has 8 heterocycles. The lowest BCUT2D eigenvalue weighted by atomic mass is 9.71. The molecule has 0 radical (unpaired) electrons. The number of imide groups is 2. The number of rotatable bonds is 10. The van der Waals surface area contributed by atoms with Gasteiger partial charge in [0.1, 0.15) is 35.2 Å². The van der Waals surface area contributed by atoms with Crippen molar-refractivity contribution in [2.75, 3.05) is 75.2 Å². The highest BCUT2D eigenvalue weighted by Crippen LogP contribution is 2.43. The Bertz CT molecular complexity index is 2380. The highest BCUT2D eigenvalue weighted by Gasteiger charge is 2.52. The maximum absolute atomic E-state index is 13.3. The lowest BCUT2D eigenvalue weighted by Gasteiger charge is -2.61. The highest BCUT2D eigenvalue weighted by atomic mass is 16.5. The van der Waals surface area contributed by atoms with Gasteiger partial charge in [-0.15, -0.1) is 0 Å². The Kier molecular flexibility index (Phi) is 8.99. The number of hydrogen-bond donors (Lipinski definition) is 2. The minimum atomic E-state index is -0.949. The predicted octanol–water partition coefficient (Wildman–Crippen LogP) is 4.10. The first-order valence-electron chi connectivity index (χ1n) is 21.9. The summed E-state index contributed by atoms with van der Waals surface area (Å²) >= 11 is 0. The van der Waals surface area contributed by atoms with E-state index in [1.807, 2.05) is 24.3 Å². The Morgan fingerprint density at radius 2 is 1.45 bits per heavy atom. The fraction of sp³-hybridized carbons (Fsp3) is 0.533. The van der Waals surface area contributed by atoms with Crippen molar-refractivity contribution in [3.8, 4) is 17.1 Å². The first-order chi connectivity index (χ1) is 29.1. The smallest absolute Gasteiger partial charge is 0.262 e. The molecule has 1 aliphatic carbocycles. The van der Waals surface area contributed by atoms with Crippen LogP contribution in [0, 0.1) is 17.3 Å². The Labute approximate surface area is 348 Å². The van der Waals surface area contributed by atoms with Crippen LogP contribution in [0.25, 0.3) is 22.3 Å². The quantitative estimate of drug-likeness (QED) is 0.221.